The molecule has 0 radical (unpaired) electrons. The van der Waals surface area contributed by atoms with Crippen molar-refractivity contribution < 1.29 is 15.0 Å². The van der Waals surface area contributed by atoms with Crippen molar-refractivity contribution in [2.24, 2.45) is 0 Å². The number of hydrogen-bond acceptors (Lipinski definition) is 4. The summed E-state index contributed by atoms with van der Waals surface area (Å²) in [6.45, 7) is 2.21. The summed E-state index contributed by atoms with van der Waals surface area (Å²) in [4.78, 5) is 15.2. The van der Waals surface area contributed by atoms with Crippen LogP contribution in [0.4, 0.5) is 0 Å². The topological polar surface area (TPSA) is 82.5 Å². The number of hydrogen-bond donors (Lipinski definition) is 3. The Hall–Kier alpha value is -1.62. The Kier molecular flexibility index (Phi) is 4.72. The number of rotatable bonds is 5. The molecule has 1 amide bonds. The molecule has 88 valence electrons. The van der Waals surface area contributed by atoms with Crippen molar-refractivity contribution in [2.75, 3.05) is 6.54 Å². The molecule has 0 aliphatic carbocycles. The molecule has 0 aliphatic heterocycles. The van der Waals surface area contributed by atoms with Gasteiger partial charge < -0.3 is 15.5 Å². The molecule has 0 saturated heterocycles. The number of carbonyl (C=O) groups is 1. The number of aromatic hydroxyl groups is 1. The molecule has 0 bridgehead atoms. The minimum absolute atomic E-state index is 0.0309. The van der Waals surface area contributed by atoms with Gasteiger partial charge in [0.15, 0.2) is 0 Å². The minimum atomic E-state index is -0.348. The molecule has 0 fully saturated rings. The summed E-state index contributed by atoms with van der Waals surface area (Å²) < 4.78 is 0. The van der Waals surface area contributed by atoms with E-state index in [0.29, 0.717) is 18.5 Å². The smallest absolute Gasteiger partial charge is 0.252 e. The molecule has 1 heterocycles. The summed E-state index contributed by atoms with van der Waals surface area (Å²) in [7, 11) is 0. The second kappa shape index (κ2) is 6.07. The summed E-state index contributed by atoms with van der Waals surface area (Å²) in [6, 6.07) is 1.36. The van der Waals surface area contributed by atoms with E-state index in [9.17, 15) is 4.79 Å². The summed E-state index contributed by atoms with van der Waals surface area (Å²) in [5, 5.41) is 20.8. The Morgan fingerprint density at radius 3 is 2.94 bits per heavy atom. The first-order chi connectivity index (χ1) is 7.59. The van der Waals surface area contributed by atoms with Crippen LogP contribution in [-0.4, -0.2) is 33.8 Å². The van der Waals surface area contributed by atoms with Gasteiger partial charge >= 0.3 is 0 Å². The molecule has 0 spiro atoms. The predicted octanol–water partition coefficient (Wildman–Crippen LogP) is 0.678. The van der Waals surface area contributed by atoms with Crippen molar-refractivity contribution in [3.8, 4) is 5.75 Å². The van der Waals surface area contributed by atoms with Crippen molar-refractivity contribution in [1.82, 2.24) is 10.3 Å². The van der Waals surface area contributed by atoms with Crippen molar-refractivity contribution in [1.29, 1.82) is 0 Å². The zero-order chi connectivity index (χ0) is 12.0. The largest absolute Gasteiger partial charge is 0.506 e. The van der Waals surface area contributed by atoms with Gasteiger partial charge in [0, 0.05) is 12.7 Å². The van der Waals surface area contributed by atoms with Crippen LogP contribution in [0.1, 0.15) is 30.1 Å². The third-order valence-corrected chi connectivity index (χ3v) is 2.07. The van der Waals surface area contributed by atoms with E-state index in [0.717, 1.165) is 6.42 Å². The summed E-state index contributed by atoms with van der Waals surface area (Å²) in [6.07, 6.45) is 3.68. The van der Waals surface area contributed by atoms with Crippen molar-refractivity contribution >= 4 is 5.91 Å². The molecule has 5 nitrogen and oxygen atoms in total. The van der Waals surface area contributed by atoms with Crippen molar-refractivity contribution in [2.45, 2.75) is 25.9 Å². The molecule has 0 aromatic carbocycles. The highest BCUT2D eigenvalue weighted by atomic mass is 16.3. The van der Waals surface area contributed by atoms with E-state index >= 15 is 0 Å². The van der Waals surface area contributed by atoms with Crippen LogP contribution in [0.25, 0.3) is 0 Å². The van der Waals surface area contributed by atoms with Crippen LogP contribution in [0, 0.1) is 0 Å². The zero-order valence-electron chi connectivity index (χ0n) is 9.18. The maximum absolute atomic E-state index is 11.5. The van der Waals surface area contributed by atoms with Gasteiger partial charge in [-0.3, -0.25) is 9.78 Å². The van der Waals surface area contributed by atoms with Gasteiger partial charge in [0.1, 0.15) is 5.75 Å². The van der Waals surface area contributed by atoms with Gasteiger partial charge in [-0.05, 0) is 25.8 Å². The molecule has 5 heteroatoms. The number of aliphatic hydroxyl groups is 1. The predicted molar refractivity (Wildman–Crippen MR) is 59.1 cm³/mol. The van der Waals surface area contributed by atoms with E-state index in [1.807, 2.05) is 0 Å². The number of aliphatic hydroxyl groups excluding tert-OH is 1. The van der Waals surface area contributed by atoms with Crippen molar-refractivity contribution in [3.63, 3.8) is 0 Å². The lowest BCUT2D eigenvalue weighted by atomic mass is 10.2. The number of aromatic nitrogens is 1. The minimum Gasteiger partial charge on any atom is -0.506 e. The van der Waals surface area contributed by atoms with Crippen LogP contribution >= 0.6 is 0 Å². The molecular formula is C11H16N2O3. The van der Waals surface area contributed by atoms with Crippen LogP contribution in [0.2, 0.25) is 0 Å². The monoisotopic (exact) mass is 224 g/mol. The summed E-state index contributed by atoms with van der Waals surface area (Å²) >= 11 is 0. The van der Waals surface area contributed by atoms with Gasteiger partial charge in [0.2, 0.25) is 0 Å². The number of amides is 1. The molecule has 1 unspecified atom stereocenters. The lowest BCUT2D eigenvalue weighted by Crippen LogP contribution is -2.25. The van der Waals surface area contributed by atoms with E-state index in [-0.39, 0.29) is 17.8 Å². The Morgan fingerprint density at radius 1 is 1.56 bits per heavy atom. The van der Waals surface area contributed by atoms with Crippen molar-refractivity contribution in [3.05, 3.63) is 24.0 Å². The maximum Gasteiger partial charge on any atom is 0.252 e. The fourth-order valence-corrected chi connectivity index (χ4v) is 1.25. The molecule has 1 rings (SSSR count). The highest BCUT2D eigenvalue weighted by molar-refractivity contribution is 5.94. The first-order valence-corrected chi connectivity index (χ1v) is 5.20. The fourth-order valence-electron chi connectivity index (χ4n) is 1.25. The first kappa shape index (κ1) is 12.4. The highest BCUT2D eigenvalue weighted by Gasteiger charge is 2.06. The van der Waals surface area contributed by atoms with Crippen LogP contribution in [0.3, 0.4) is 0 Å². The van der Waals surface area contributed by atoms with Crippen LogP contribution in [0.15, 0.2) is 18.5 Å². The molecule has 3 N–H and O–H groups in total. The van der Waals surface area contributed by atoms with E-state index in [1.54, 1.807) is 6.92 Å². The highest BCUT2D eigenvalue weighted by Crippen LogP contribution is 2.08. The van der Waals surface area contributed by atoms with Gasteiger partial charge in [-0.15, -0.1) is 0 Å². The number of pyridine rings is 1. The standard InChI is InChI=1S/C11H16N2O3/c1-8(14)3-2-4-13-11(16)9-5-10(15)7-12-6-9/h5-8,14-15H,2-4H2,1H3,(H,13,16). The molecule has 1 aromatic rings. The Labute approximate surface area is 94.1 Å². The number of nitrogens with one attached hydrogen (secondary N) is 1. The Bertz CT molecular complexity index is 353. The molecular weight excluding hydrogens is 208 g/mol. The van der Waals surface area contributed by atoms with Gasteiger partial charge in [0.05, 0.1) is 17.9 Å². The molecule has 0 saturated carbocycles. The second-order valence-electron chi connectivity index (χ2n) is 3.68. The van der Waals surface area contributed by atoms with E-state index in [1.165, 1.54) is 18.5 Å². The quantitative estimate of drug-likeness (QED) is 0.642. The normalized spacial score (nSPS) is 12.1. The average Bonchev–Trinajstić information content (AvgIpc) is 2.24. The van der Waals surface area contributed by atoms with Crippen LogP contribution in [-0.2, 0) is 0 Å². The van der Waals surface area contributed by atoms with Gasteiger partial charge in [-0.25, -0.2) is 0 Å². The summed E-state index contributed by atoms with van der Waals surface area (Å²) in [5.41, 5.74) is 0.331. The lowest BCUT2D eigenvalue weighted by Gasteiger charge is -2.06. The van der Waals surface area contributed by atoms with E-state index < -0.39 is 0 Å². The van der Waals surface area contributed by atoms with E-state index in [4.69, 9.17) is 10.2 Å². The SMILES string of the molecule is CC(O)CCCNC(=O)c1cncc(O)c1. The van der Waals surface area contributed by atoms with Gasteiger partial charge in [0.25, 0.3) is 5.91 Å². The molecule has 0 aliphatic rings. The maximum atomic E-state index is 11.5. The molecule has 16 heavy (non-hydrogen) atoms. The summed E-state index contributed by atoms with van der Waals surface area (Å²) in [5.74, 6) is -0.300. The average molecular weight is 224 g/mol. The third kappa shape index (κ3) is 4.27. The van der Waals surface area contributed by atoms with Crippen LogP contribution in [0.5, 0.6) is 5.75 Å². The van der Waals surface area contributed by atoms with E-state index in [2.05, 4.69) is 10.3 Å². The van der Waals surface area contributed by atoms with Gasteiger partial charge in [-0.2, -0.15) is 0 Å². The molecule has 1 aromatic heterocycles. The molecule has 1 atom stereocenters. The second-order valence-corrected chi connectivity index (χ2v) is 3.68. The Balaban J connectivity index is 2.35. The zero-order valence-corrected chi connectivity index (χ0v) is 9.18. The fraction of sp³-hybridized carbons (Fsp3) is 0.455. The van der Waals surface area contributed by atoms with Crippen LogP contribution < -0.4 is 5.32 Å². The third-order valence-electron chi connectivity index (χ3n) is 2.07. The first-order valence-electron chi connectivity index (χ1n) is 5.20. The number of carbonyl (C=O) groups excluding carboxylic acids is 1. The Morgan fingerprint density at radius 2 is 2.31 bits per heavy atom. The lowest BCUT2D eigenvalue weighted by molar-refractivity contribution is 0.0949. The number of nitrogens with zero attached hydrogens (tertiary/aromatic N) is 1. The van der Waals surface area contributed by atoms with Gasteiger partial charge in [-0.1, -0.05) is 0 Å².